The van der Waals surface area contributed by atoms with Crippen molar-refractivity contribution in [2.45, 2.75) is 12.8 Å². The summed E-state index contributed by atoms with van der Waals surface area (Å²) in [4.78, 5) is 23.6. The lowest BCUT2D eigenvalue weighted by molar-refractivity contribution is -0.117. The van der Waals surface area contributed by atoms with Gasteiger partial charge in [-0.2, -0.15) is 0 Å². The van der Waals surface area contributed by atoms with E-state index in [1.54, 1.807) is 36.4 Å². The lowest BCUT2D eigenvalue weighted by Gasteiger charge is -2.07. The Morgan fingerprint density at radius 1 is 0.810 bits per heavy atom. The van der Waals surface area contributed by atoms with Crippen molar-refractivity contribution < 1.29 is 9.59 Å². The van der Waals surface area contributed by atoms with Crippen LogP contribution in [0.3, 0.4) is 0 Å². The van der Waals surface area contributed by atoms with E-state index in [1.165, 1.54) is 0 Å². The number of anilines is 2. The van der Waals surface area contributed by atoms with Crippen LogP contribution in [0.4, 0.5) is 11.4 Å². The molecule has 0 unspecified atom stereocenters. The quantitative estimate of drug-likeness (QED) is 0.903. The second-order valence-electron chi connectivity index (χ2n) is 5.16. The van der Waals surface area contributed by atoms with Crippen molar-refractivity contribution in [2.75, 3.05) is 10.6 Å². The van der Waals surface area contributed by atoms with Crippen LogP contribution in [0.25, 0.3) is 0 Å². The number of rotatable bonds is 4. The van der Waals surface area contributed by atoms with Gasteiger partial charge in [0.05, 0.1) is 0 Å². The number of hydrogen-bond donors (Lipinski definition) is 2. The summed E-state index contributed by atoms with van der Waals surface area (Å²) in [5.74, 6) is 0.115. The maximum atomic E-state index is 12.0. The molecule has 1 aliphatic rings. The molecule has 0 bridgehead atoms. The molecule has 4 heteroatoms. The first-order valence-electron chi connectivity index (χ1n) is 7.00. The summed E-state index contributed by atoms with van der Waals surface area (Å²) in [6.45, 7) is 0. The molecule has 1 aliphatic carbocycles. The zero-order chi connectivity index (χ0) is 14.7. The fourth-order valence-electron chi connectivity index (χ4n) is 2.02. The van der Waals surface area contributed by atoms with E-state index in [9.17, 15) is 9.59 Å². The molecule has 2 amide bonds. The Labute approximate surface area is 123 Å². The van der Waals surface area contributed by atoms with Crippen LogP contribution in [-0.2, 0) is 4.79 Å². The van der Waals surface area contributed by atoms with Crippen molar-refractivity contribution in [1.82, 2.24) is 0 Å². The first-order chi connectivity index (χ1) is 10.2. The Kier molecular flexibility index (Phi) is 3.69. The largest absolute Gasteiger partial charge is 0.326 e. The second kappa shape index (κ2) is 5.79. The van der Waals surface area contributed by atoms with Gasteiger partial charge in [0.25, 0.3) is 5.91 Å². The molecular weight excluding hydrogens is 264 g/mol. The topological polar surface area (TPSA) is 58.2 Å². The Morgan fingerprint density at radius 2 is 1.38 bits per heavy atom. The summed E-state index contributed by atoms with van der Waals surface area (Å²) >= 11 is 0. The zero-order valence-corrected chi connectivity index (χ0v) is 11.5. The van der Waals surface area contributed by atoms with Crippen LogP contribution in [0, 0.1) is 5.92 Å². The average Bonchev–Trinajstić information content (AvgIpc) is 3.35. The molecule has 21 heavy (non-hydrogen) atoms. The number of nitrogens with one attached hydrogen (secondary N) is 2. The molecule has 106 valence electrons. The molecule has 0 radical (unpaired) electrons. The summed E-state index contributed by atoms with van der Waals surface area (Å²) in [5, 5.41) is 5.69. The smallest absolute Gasteiger partial charge is 0.255 e. The molecule has 4 nitrogen and oxygen atoms in total. The highest BCUT2D eigenvalue weighted by molar-refractivity contribution is 6.04. The minimum Gasteiger partial charge on any atom is -0.326 e. The first-order valence-corrected chi connectivity index (χ1v) is 7.00. The van der Waals surface area contributed by atoms with Crippen LogP contribution < -0.4 is 10.6 Å². The van der Waals surface area contributed by atoms with Crippen molar-refractivity contribution in [3.8, 4) is 0 Å². The molecule has 2 aromatic carbocycles. The van der Waals surface area contributed by atoms with E-state index < -0.39 is 0 Å². The third kappa shape index (κ3) is 3.48. The van der Waals surface area contributed by atoms with E-state index in [0.717, 1.165) is 18.5 Å². The van der Waals surface area contributed by atoms with Crippen LogP contribution in [0.5, 0.6) is 0 Å². The van der Waals surface area contributed by atoms with E-state index in [4.69, 9.17) is 0 Å². The van der Waals surface area contributed by atoms with Gasteiger partial charge in [-0.3, -0.25) is 9.59 Å². The average molecular weight is 280 g/mol. The van der Waals surface area contributed by atoms with E-state index in [2.05, 4.69) is 10.6 Å². The Balaban J connectivity index is 1.61. The molecule has 2 N–H and O–H groups in total. The molecule has 2 aromatic rings. The van der Waals surface area contributed by atoms with Gasteiger partial charge < -0.3 is 10.6 Å². The second-order valence-corrected chi connectivity index (χ2v) is 5.16. The lowest BCUT2D eigenvalue weighted by atomic mass is 10.2. The third-order valence-corrected chi connectivity index (χ3v) is 3.39. The van der Waals surface area contributed by atoms with Gasteiger partial charge in [-0.1, -0.05) is 18.2 Å². The highest BCUT2D eigenvalue weighted by Gasteiger charge is 2.29. The van der Waals surface area contributed by atoms with Gasteiger partial charge in [-0.05, 0) is 49.2 Å². The molecule has 1 fully saturated rings. The predicted octanol–water partition coefficient (Wildman–Crippen LogP) is 3.29. The van der Waals surface area contributed by atoms with E-state index >= 15 is 0 Å². The van der Waals surface area contributed by atoms with Crippen LogP contribution in [-0.4, -0.2) is 11.8 Å². The minimum absolute atomic E-state index is 0.0797. The molecule has 0 atom stereocenters. The Bertz CT molecular complexity index is 646. The molecule has 3 rings (SSSR count). The molecule has 0 spiro atoms. The maximum absolute atomic E-state index is 12.0. The van der Waals surface area contributed by atoms with Crippen molar-refractivity contribution in [3.05, 3.63) is 60.2 Å². The third-order valence-electron chi connectivity index (χ3n) is 3.39. The number of benzene rings is 2. The van der Waals surface area contributed by atoms with Gasteiger partial charge in [0, 0.05) is 22.9 Å². The highest BCUT2D eigenvalue weighted by atomic mass is 16.2. The summed E-state index contributed by atoms with van der Waals surface area (Å²) in [6.07, 6.45) is 1.97. The normalized spacial score (nSPS) is 13.5. The monoisotopic (exact) mass is 280 g/mol. The summed E-state index contributed by atoms with van der Waals surface area (Å²) in [6, 6.07) is 16.2. The minimum atomic E-state index is -0.148. The predicted molar refractivity (Wildman–Crippen MR) is 82.2 cm³/mol. The number of carbonyl (C=O) groups excluding carboxylic acids is 2. The van der Waals surface area contributed by atoms with Crippen molar-refractivity contribution in [2.24, 2.45) is 5.92 Å². The number of carbonyl (C=O) groups is 2. The fourth-order valence-corrected chi connectivity index (χ4v) is 2.02. The number of hydrogen-bond acceptors (Lipinski definition) is 2. The molecule has 1 saturated carbocycles. The van der Waals surface area contributed by atoms with Crippen LogP contribution in [0.1, 0.15) is 23.2 Å². The van der Waals surface area contributed by atoms with Gasteiger partial charge in [0.2, 0.25) is 5.91 Å². The summed E-state index contributed by atoms with van der Waals surface area (Å²) in [7, 11) is 0. The summed E-state index contributed by atoms with van der Waals surface area (Å²) in [5.41, 5.74) is 2.07. The Hall–Kier alpha value is -2.62. The molecule has 0 heterocycles. The fraction of sp³-hybridized carbons (Fsp3) is 0.176. The van der Waals surface area contributed by atoms with Crippen molar-refractivity contribution in [1.29, 1.82) is 0 Å². The van der Waals surface area contributed by atoms with Gasteiger partial charge in [0.15, 0.2) is 0 Å². The maximum Gasteiger partial charge on any atom is 0.255 e. The van der Waals surface area contributed by atoms with Crippen LogP contribution >= 0.6 is 0 Å². The van der Waals surface area contributed by atoms with Gasteiger partial charge >= 0.3 is 0 Å². The van der Waals surface area contributed by atoms with Crippen LogP contribution in [0.2, 0.25) is 0 Å². The molecular formula is C17H16N2O2. The number of amides is 2. The standard InChI is InChI=1S/C17H16N2O2/c20-16(12-4-2-1-3-5-12)18-14-8-10-15(11-9-14)19-17(21)13-6-7-13/h1-5,8-11,13H,6-7H2,(H,18,20)(H,19,21). The van der Waals surface area contributed by atoms with Crippen LogP contribution in [0.15, 0.2) is 54.6 Å². The van der Waals surface area contributed by atoms with Gasteiger partial charge in [-0.15, -0.1) is 0 Å². The van der Waals surface area contributed by atoms with Gasteiger partial charge in [-0.25, -0.2) is 0 Å². The first kappa shape index (κ1) is 13.4. The van der Waals surface area contributed by atoms with Gasteiger partial charge in [0.1, 0.15) is 0 Å². The SMILES string of the molecule is O=C(Nc1ccc(NC(=O)C2CC2)cc1)c1ccccc1. The van der Waals surface area contributed by atoms with Crippen molar-refractivity contribution in [3.63, 3.8) is 0 Å². The lowest BCUT2D eigenvalue weighted by Crippen LogP contribution is -2.14. The van der Waals surface area contributed by atoms with E-state index in [1.807, 2.05) is 18.2 Å². The molecule has 0 aliphatic heterocycles. The molecule has 0 aromatic heterocycles. The zero-order valence-electron chi connectivity index (χ0n) is 11.5. The van der Waals surface area contributed by atoms with E-state index in [0.29, 0.717) is 11.3 Å². The van der Waals surface area contributed by atoms with E-state index in [-0.39, 0.29) is 17.7 Å². The summed E-state index contributed by atoms with van der Waals surface area (Å²) < 4.78 is 0. The Morgan fingerprint density at radius 3 is 1.95 bits per heavy atom. The van der Waals surface area contributed by atoms with Crippen molar-refractivity contribution >= 4 is 23.2 Å². The molecule has 0 saturated heterocycles. The highest BCUT2D eigenvalue weighted by Crippen LogP contribution is 2.30.